The molecule has 1 aliphatic heterocycles. The summed E-state index contributed by atoms with van der Waals surface area (Å²) in [5.74, 6) is 0.349. The molecular weight excluding hydrogens is 395 g/mol. The number of aryl methyl sites for hydroxylation is 1. The molecule has 0 amide bonds. The van der Waals surface area contributed by atoms with Crippen LogP contribution >= 0.6 is 0 Å². The van der Waals surface area contributed by atoms with Crippen molar-refractivity contribution in [1.82, 2.24) is 9.97 Å². The molecule has 3 aromatic rings. The minimum atomic E-state index is -0.234. The van der Waals surface area contributed by atoms with E-state index in [1.807, 2.05) is 18.2 Å². The molecule has 1 aromatic heterocycles. The van der Waals surface area contributed by atoms with Gasteiger partial charge in [0.15, 0.2) is 0 Å². The van der Waals surface area contributed by atoms with E-state index in [0.29, 0.717) is 30.2 Å². The normalized spacial score (nSPS) is 14.1. The second-order valence-corrected chi connectivity index (χ2v) is 7.68. The minimum absolute atomic E-state index is 0.103. The highest BCUT2D eigenvalue weighted by Gasteiger charge is 2.21. The molecule has 162 valence electrons. The number of hydrogen-bond donors (Lipinski definition) is 1. The first-order valence-corrected chi connectivity index (χ1v) is 10.5. The molecule has 1 saturated heterocycles. The van der Waals surface area contributed by atoms with Gasteiger partial charge in [0.2, 0.25) is 5.95 Å². The summed E-state index contributed by atoms with van der Waals surface area (Å²) in [6.45, 7) is 3.28. The summed E-state index contributed by atoms with van der Waals surface area (Å²) in [6.07, 6.45) is 1.39. The molecule has 0 bridgehead atoms. The molecule has 0 spiro atoms. The fourth-order valence-corrected chi connectivity index (χ4v) is 3.94. The van der Waals surface area contributed by atoms with Crippen molar-refractivity contribution in [3.8, 4) is 0 Å². The maximum absolute atomic E-state index is 13.2. The zero-order valence-corrected chi connectivity index (χ0v) is 17.7. The van der Waals surface area contributed by atoms with Gasteiger partial charge in [0, 0.05) is 44.5 Å². The first-order valence-electron chi connectivity index (χ1n) is 10.5. The summed E-state index contributed by atoms with van der Waals surface area (Å²) in [4.78, 5) is 24.9. The number of rotatable bonds is 7. The summed E-state index contributed by atoms with van der Waals surface area (Å²) in [5, 5.41) is 0. The van der Waals surface area contributed by atoms with E-state index in [0.717, 1.165) is 38.3 Å². The van der Waals surface area contributed by atoms with Gasteiger partial charge in [-0.2, -0.15) is 0 Å². The molecule has 7 heteroatoms. The van der Waals surface area contributed by atoms with Crippen LogP contribution in [0.5, 0.6) is 0 Å². The number of ether oxygens (including phenoxy) is 1. The Morgan fingerprint density at radius 2 is 1.65 bits per heavy atom. The van der Waals surface area contributed by atoms with E-state index in [9.17, 15) is 9.18 Å². The number of aromatic nitrogens is 2. The van der Waals surface area contributed by atoms with E-state index in [-0.39, 0.29) is 11.4 Å². The van der Waals surface area contributed by atoms with Gasteiger partial charge in [-0.25, -0.2) is 9.37 Å². The topological polar surface area (TPSA) is 61.5 Å². The van der Waals surface area contributed by atoms with Gasteiger partial charge in [0.1, 0.15) is 5.82 Å². The van der Waals surface area contributed by atoms with Crippen molar-refractivity contribution < 1.29 is 9.13 Å². The van der Waals surface area contributed by atoms with E-state index >= 15 is 0 Å². The number of benzene rings is 2. The zero-order valence-electron chi connectivity index (χ0n) is 17.7. The molecule has 0 radical (unpaired) electrons. The molecule has 2 aromatic carbocycles. The van der Waals surface area contributed by atoms with Crippen LogP contribution in [0.2, 0.25) is 0 Å². The SMILES string of the molecule is COCc1nc(N2CCN(c3ccc(F)cc3)CC2)[nH]c(=O)c1CCc1ccccc1. The predicted octanol–water partition coefficient (Wildman–Crippen LogP) is 3.17. The van der Waals surface area contributed by atoms with Gasteiger partial charge in [-0.1, -0.05) is 30.3 Å². The summed E-state index contributed by atoms with van der Waals surface area (Å²) in [7, 11) is 1.62. The third kappa shape index (κ3) is 5.11. The fraction of sp³-hybridized carbons (Fsp3) is 0.333. The molecule has 6 nitrogen and oxygen atoms in total. The van der Waals surface area contributed by atoms with Crippen molar-refractivity contribution >= 4 is 11.6 Å². The third-order valence-electron chi connectivity index (χ3n) is 5.65. The number of methoxy groups -OCH3 is 1. The largest absolute Gasteiger partial charge is 0.378 e. The first kappa shape index (κ1) is 21.1. The summed E-state index contributed by atoms with van der Waals surface area (Å²) >= 11 is 0. The Bertz CT molecular complexity index is 1050. The average Bonchev–Trinajstić information content (AvgIpc) is 2.80. The lowest BCUT2D eigenvalue weighted by Gasteiger charge is -2.36. The Morgan fingerprint density at radius 1 is 0.968 bits per heavy atom. The monoisotopic (exact) mass is 422 g/mol. The molecule has 1 N–H and O–H groups in total. The molecule has 4 rings (SSSR count). The number of nitrogens with one attached hydrogen (secondary N) is 1. The highest BCUT2D eigenvalue weighted by Crippen LogP contribution is 2.19. The van der Waals surface area contributed by atoms with Crippen molar-refractivity contribution in [2.24, 2.45) is 0 Å². The molecule has 0 saturated carbocycles. The van der Waals surface area contributed by atoms with Crippen LogP contribution in [0.3, 0.4) is 0 Å². The summed E-state index contributed by atoms with van der Waals surface area (Å²) < 4.78 is 18.5. The van der Waals surface area contributed by atoms with Crippen LogP contribution in [0.25, 0.3) is 0 Å². The van der Waals surface area contributed by atoms with Crippen LogP contribution in [-0.4, -0.2) is 43.3 Å². The van der Waals surface area contributed by atoms with E-state index in [1.54, 1.807) is 19.2 Å². The van der Waals surface area contributed by atoms with Gasteiger partial charge in [-0.15, -0.1) is 0 Å². The minimum Gasteiger partial charge on any atom is -0.378 e. The number of H-pyrrole nitrogens is 1. The Balaban J connectivity index is 1.47. The Morgan fingerprint density at radius 3 is 2.32 bits per heavy atom. The van der Waals surface area contributed by atoms with Gasteiger partial charge in [-0.05, 0) is 42.7 Å². The number of aromatic amines is 1. The molecule has 1 aliphatic rings. The van der Waals surface area contributed by atoms with Crippen molar-refractivity contribution in [3.63, 3.8) is 0 Å². The second-order valence-electron chi connectivity index (χ2n) is 7.68. The van der Waals surface area contributed by atoms with Gasteiger partial charge in [0.25, 0.3) is 5.56 Å². The lowest BCUT2D eigenvalue weighted by Crippen LogP contribution is -2.47. The third-order valence-corrected chi connectivity index (χ3v) is 5.65. The van der Waals surface area contributed by atoms with Crippen LogP contribution in [0.4, 0.5) is 16.0 Å². The lowest BCUT2D eigenvalue weighted by molar-refractivity contribution is 0.180. The Kier molecular flexibility index (Phi) is 6.62. The summed E-state index contributed by atoms with van der Waals surface area (Å²) in [5.41, 5.74) is 3.46. The number of hydrogen-bond acceptors (Lipinski definition) is 5. The van der Waals surface area contributed by atoms with Crippen LogP contribution in [0.1, 0.15) is 16.8 Å². The molecular formula is C24H27FN4O2. The highest BCUT2D eigenvalue weighted by atomic mass is 19.1. The number of piperazine rings is 1. The molecule has 31 heavy (non-hydrogen) atoms. The molecule has 0 atom stereocenters. The van der Waals surface area contributed by atoms with Crippen molar-refractivity contribution in [2.75, 3.05) is 43.1 Å². The van der Waals surface area contributed by atoms with E-state index in [1.165, 1.54) is 17.7 Å². The second kappa shape index (κ2) is 9.75. The van der Waals surface area contributed by atoms with E-state index in [2.05, 4.69) is 26.9 Å². The fourth-order valence-electron chi connectivity index (χ4n) is 3.94. The zero-order chi connectivity index (χ0) is 21.6. The van der Waals surface area contributed by atoms with Crippen LogP contribution in [0, 0.1) is 5.82 Å². The smallest absolute Gasteiger partial charge is 0.255 e. The predicted molar refractivity (Wildman–Crippen MR) is 120 cm³/mol. The standard InChI is InChI=1S/C24H27FN4O2/c1-31-17-22-21(12-7-18-5-3-2-4-6-18)23(30)27-24(26-22)29-15-13-28(14-16-29)20-10-8-19(25)9-11-20/h2-6,8-11H,7,12-17H2,1H3,(H,26,27,30). The maximum atomic E-state index is 13.2. The van der Waals surface area contributed by atoms with Crippen molar-refractivity contribution in [1.29, 1.82) is 0 Å². The molecule has 2 heterocycles. The van der Waals surface area contributed by atoms with Crippen LogP contribution in [0.15, 0.2) is 59.4 Å². The number of halogens is 1. The van der Waals surface area contributed by atoms with E-state index < -0.39 is 0 Å². The quantitative estimate of drug-likeness (QED) is 0.634. The van der Waals surface area contributed by atoms with Crippen molar-refractivity contribution in [3.05, 3.63) is 87.6 Å². The number of anilines is 2. The van der Waals surface area contributed by atoms with Crippen LogP contribution < -0.4 is 15.4 Å². The Labute approximate surface area is 181 Å². The molecule has 0 aliphatic carbocycles. The highest BCUT2D eigenvalue weighted by molar-refractivity contribution is 5.48. The van der Waals surface area contributed by atoms with E-state index in [4.69, 9.17) is 9.72 Å². The van der Waals surface area contributed by atoms with Gasteiger partial charge in [-0.3, -0.25) is 9.78 Å². The first-order chi connectivity index (χ1) is 15.1. The number of nitrogens with zero attached hydrogens (tertiary/aromatic N) is 3. The van der Waals surface area contributed by atoms with Gasteiger partial charge >= 0.3 is 0 Å². The van der Waals surface area contributed by atoms with Crippen molar-refractivity contribution in [2.45, 2.75) is 19.4 Å². The average molecular weight is 423 g/mol. The summed E-state index contributed by atoms with van der Waals surface area (Å²) in [6, 6.07) is 16.7. The Hall–Kier alpha value is -3.19. The molecule has 0 unspecified atom stereocenters. The molecule has 1 fully saturated rings. The van der Waals surface area contributed by atoms with Gasteiger partial charge in [0.05, 0.1) is 12.3 Å². The maximum Gasteiger partial charge on any atom is 0.255 e. The van der Waals surface area contributed by atoms with Gasteiger partial charge < -0.3 is 14.5 Å². The van der Waals surface area contributed by atoms with Crippen LogP contribution in [-0.2, 0) is 24.2 Å². The lowest BCUT2D eigenvalue weighted by atomic mass is 10.0.